The summed E-state index contributed by atoms with van der Waals surface area (Å²) in [6.07, 6.45) is 2.37. The number of benzene rings is 1. The molecule has 6 nitrogen and oxygen atoms in total. The second kappa shape index (κ2) is 6.75. The van der Waals surface area contributed by atoms with E-state index in [1.54, 1.807) is 13.0 Å². The third-order valence-corrected chi connectivity index (χ3v) is 4.17. The number of aryl methyl sites for hydroxylation is 1. The number of pyridine rings is 1. The van der Waals surface area contributed by atoms with Crippen molar-refractivity contribution in [1.82, 2.24) is 4.98 Å². The molecule has 23 heavy (non-hydrogen) atoms. The first-order chi connectivity index (χ1) is 11.1. The average Bonchev–Trinajstić information content (AvgIpc) is 3.02. The number of hydrogen-bond donors (Lipinski definition) is 1. The molecular formula is C17H19N3O3. The van der Waals surface area contributed by atoms with Crippen LogP contribution in [0.15, 0.2) is 42.6 Å². The topological polar surface area (TPSA) is 77.3 Å². The van der Waals surface area contributed by atoms with Gasteiger partial charge in [0.2, 0.25) is 0 Å². The Morgan fingerprint density at radius 3 is 2.87 bits per heavy atom. The molecule has 0 saturated carbocycles. The first-order valence-corrected chi connectivity index (χ1v) is 7.66. The largest absolute Gasteiger partial charge is 0.373 e. The van der Waals surface area contributed by atoms with Gasteiger partial charge in [0, 0.05) is 24.6 Å². The molecule has 1 aromatic heterocycles. The highest BCUT2D eigenvalue weighted by atomic mass is 16.6. The molecule has 120 valence electrons. The molecule has 1 saturated heterocycles. The lowest BCUT2D eigenvalue weighted by molar-refractivity contribution is -0.385. The van der Waals surface area contributed by atoms with Gasteiger partial charge in [-0.1, -0.05) is 30.3 Å². The smallest absolute Gasteiger partial charge is 0.290 e. The van der Waals surface area contributed by atoms with E-state index < -0.39 is 4.92 Å². The van der Waals surface area contributed by atoms with Gasteiger partial charge >= 0.3 is 0 Å². The number of aromatic nitrogens is 1. The van der Waals surface area contributed by atoms with Crippen LogP contribution in [0.3, 0.4) is 0 Å². The highest BCUT2D eigenvalue weighted by molar-refractivity contribution is 5.46. The lowest BCUT2D eigenvalue weighted by atomic mass is 9.95. The van der Waals surface area contributed by atoms with Crippen molar-refractivity contribution >= 4 is 11.5 Å². The highest BCUT2D eigenvalue weighted by Gasteiger charge is 2.29. The number of anilines is 1. The van der Waals surface area contributed by atoms with Gasteiger partial charge in [0.1, 0.15) is 12.0 Å². The molecule has 2 atom stereocenters. The van der Waals surface area contributed by atoms with E-state index >= 15 is 0 Å². The first kappa shape index (κ1) is 15.4. The van der Waals surface area contributed by atoms with E-state index in [1.807, 2.05) is 18.2 Å². The van der Waals surface area contributed by atoms with E-state index in [9.17, 15) is 10.1 Å². The van der Waals surface area contributed by atoms with Crippen LogP contribution in [0.1, 0.15) is 23.7 Å². The van der Waals surface area contributed by atoms with Crippen LogP contribution in [0.2, 0.25) is 0 Å². The van der Waals surface area contributed by atoms with Crippen molar-refractivity contribution in [3.63, 3.8) is 0 Å². The molecule has 0 spiro atoms. The Bertz CT molecular complexity index is 691. The molecule has 1 aromatic carbocycles. The van der Waals surface area contributed by atoms with Gasteiger partial charge in [-0.15, -0.1) is 0 Å². The van der Waals surface area contributed by atoms with Gasteiger partial charge in [-0.2, -0.15) is 0 Å². The van der Waals surface area contributed by atoms with Crippen molar-refractivity contribution in [2.75, 3.05) is 18.5 Å². The maximum atomic E-state index is 10.8. The number of nitrogens with one attached hydrogen (secondary N) is 1. The van der Waals surface area contributed by atoms with Crippen molar-refractivity contribution in [2.45, 2.75) is 19.4 Å². The fourth-order valence-corrected chi connectivity index (χ4v) is 2.93. The molecule has 3 rings (SSSR count). The van der Waals surface area contributed by atoms with E-state index in [-0.39, 0.29) is 11.8 Å². The summed E-state index contributed by atoms with van der Waals surface area (Å²) in [7, 11) is 0. The Kier molecular flexibility index (Phi) is 4.52. The van der Waals surface area contributed by atoms with Crippen LogP contribution in [0.25, 0.3) is 0 Å². The monoisotopic (exact) mass is 313 g/mol. The van der Waals surface area contributed by atoms with E-state index in [0.717, 1.165) is 19.6 Å². The Hall–Kier alpha value is -2.47. The van der Waals surface area contributed by atoms with Gasteiger partial charge in [0.25, 0.3) is 5.69 Å². The summed E-state index contributed by atoms with van der Waals surface area (Å²) in [6, 6.07) is 11.9. The fourth-order valence-electron chi connectivity index (χ4n) is 2.93. The van der Waals surface area contributed by atoms with Crippen LogP contribution in [0.5, 0.6) is 0 Å². The van der Waals surface area contributed by atoms with Gasteiger partial charge in [-0.25, -0.2) is 4.98 Å². The molecule has 0 aliphatic carbocycles. The first-order valence-electron chi connectivity index (χ1n) is 7.66. The van der Waals surface area contributed by atoms with Gasteiger partial charge in [-0.05, 0) is 25.0 Å². The number of hydrogen-bond acceptors (Lipinski definition) is 5. The maximum Gasteiger partial charge on any atom is 0.290 e. The van der Waals surface area contributed by atoms with Crippen LogP contribution in [0.4, 0.5) is 11.5 Å². The predicted octanol–water partition coefficient (Wildman–Crippen LogP) is 3.49. The summed E-state index contributed by atoms with van der Waals surface area (Å²) in [5.74, 6) is 1.02. The molecule has 1 fully saturated rings. The summed E-state index contributed by atoms with van der Waals surface area (Å²) < 4.78 is 5.86. The third kappa shape index (κ3) is 3.48. The zero-order valence-corrected chi connectivity index (χ0v) is 12.9. The molecule has 1 aliphatic rings. The third-order valence-electron chi connectivity index (χ3n) is 4.17. The quantitative estimate of drug-likeness (QED) is 0.675. The number of ether oxygens (including phenoxy) is 1. The zero-order valence-electron chi connectivity index (χ0n) is 12.9. The lowest BCUT2D eigenvalue weighted by Gasteiger charge is -2.19. The Morgan fingerprint density at radius 2 is 2.17 bits per heavy atom. The number of nitrogens with zero attached hydrogens (tertiary/aromatic N) is 2. The van der Waals surface area contributed by atoms with Gasteiger partial charge in [-0.3, -0.25) is 10.1 Å². The van der Waals surface area contributed by atoms with Crippen LogP contribution < -0.4 is 5.32 Å². The molecular weight excluding hydrogens is 294 g/mol. The fraction of sp³-hybridized carbons (Fsp3) is 0.353. The summed E-state index contributed by atoms with van der Waals surface area (Å²) >= 11 is 0. The minimum absolute atomic E-state index is 0.0434. The van der Waals surface area contributed by atoms with Crippen LogP contribution >= 0.6 is 0 Å². The second-order valence-electron chi connectivity index (χ2n) is 5.74. The van der Waals surface area contributed by atoms with Crippen molar-refractivity contribution in [2.24, 2.45) is 5.92 Å². The number of rotatable bonds is 5. The Balaban J connectivity index is 1.66. The summed E-state index contributed by atoms with van der Waals surface area (Å²) in [5, 5.41) is 14.1. The van der Waals surface area contributed by atoms with Gasteiger partial charge < -0.3 is 10.1 Å². The second-order valence-corrected chi connectivity index (χ2v) is 5.74. The summed E-state index contributed by atoms with van der Waals surface area (Å²) in [6.45, 7) is 3.19. The standard InChI is InChI=1S/C17H19N3O3/c1-12-9-16(19-11-15(12)20(21)22)18-10-14-7-8-23-17(14)13-5-3-2-4-6-13/h2-6,9,11,14,17H,7-8,10H2,1H3,(H,18,19). The summed E-state index contributed by atoms with van der Waals surface area (Å²) in [5.41, 5.74) is 1.83. The molecule has 0 bridgehead atoms. The molecule has 0 amide bonds. The SMILES string of the molecule is Cc1cc(NCC2CCOC2c2ccccc2)ncc1[N+](=O)[O-]. The normalized spacial score (nSPS) is 20.4. The maximum absolute atomic E-state index is 10.8. The molecule has 0 radical (unpaired) electrons. The Labute approximate surface area is 134 Å². The number of nitro groups is 1. The Morgan fingerprint density at radius 1 is 1.39 bits per heavy atom. The molecule has 2 unspecified atom stereocenters. The minimum atomic E-state index is -0.414. The van der Waals surface area contributed by atoms with Crippen LogP contribution in [-0.2, 0) is 4.74 Å². The minimum Gasteiger partial charge on any atom is -0.373 e. The lowest BCUT2D eigenvalue weighted by Crippen LogP contribution is -2.18. The molecule has 2 heterocycles. The van der Waals surface area contributed by atoms with Crippen LogP contribution in [0, 0.1) is 23.0 Å². The van der Waals surface area contributed by atoms with Crippen molar-refractivity contribution < 1.29 is 9.66 Å². The van der Waals surface area contributed by atoms with E-state index in [2.05, 4.69) is 22.4 Å². The van der Waals surface area contributed by atoms with Crippen molar-refractivity contribution in [1.29, 1.82) is 0 Å². The molecule has 1 aliphatic heterocycles. The van der Waals surface area contributed by atoms with E-state index in [1.165, 1.54) is 11.8 Å². The highest BCUT2D eigenvalue weighted by Crippen LogP contribution is 2.34. The average molecular weight is 313 g/mol. The van der Waals surface area contributed by atoms with Gasteiger partial charge in [0.05, 0.1) is 11.0 Å². The van der Waals surface area contributed by atoms with E-state index in [0.29, 0.717) is 17.3 Å². The summed E-state index contributed by atoms with van der Waals surface area (Å²) in [4.78, 5) is 14.5. The predicted molar refractivity (Wildman–Crippen MR) is 87.4 cm³/mol. The van der Waals surface area contributed by atoms with E-state index in [4.69, 9.17) is 4.74 Å². The molecule has 1 N–H and O–H groups in total. The van der Waals surface area contributed by atoms with Gasteiger partial charge in [0.15, 0.2) is 0 Å². The molecule has 6 heteroatoms. The molecule has 2 aromatic rings. The van der Waals surface area contributed by atoms with Crippen LogP contribution in [-0.4, -0.2) is 23.1 Å². The van der Waals surface area contributed by atoms with Crippen molar-refractivity contribution in [3.05, 3.63) is 63.8 Å². The zero-order chi connectivity index (χ0) is 16.2. The van der Waals surface area contributed by atoms with Crippen molar-refractivity contribution in [3.8, 4) is 0 Å².